The molecular formula is C26H27N3O2. The summed E-state index contributed by atoms with van der Waals surface area (Å²) in [6.45, 7) is 3.73. The minimum atomic E-state index is 0.331. The molecule has 1 saturated heterocycles. The topological polar surface area (TPSA) is 37.3 Å². The molecule has 5 heteroatoms. The van der Waals surface area contributed by atoms with E-state index in [4.69, 9.17) is 14.6 Å². The number of fused-ring (bicyclic) bond motifs is 3. The molecule has 2 aliphatic rings. The Labute approximate surface area is 183 Å². The maximum absolute atomic E-state index is 5.46. The van der Waals surface area contributed by atoms with Crippen molar-refractivity contribution < 1.29 is 9.47 Å². The van der Waals surface area contributed by atoms with Gasteiger partial charge in [-0.3, -0.25) is 9.91 Å². The summed E-state index contributed by atoms with van der Waals surface area (Å²) in [7, 11) is 3.34. The zero-order valence-electron chi connectivity index (χ0n) is 18.0. The fraction of sp³-hybridized carbons (Fsp3) is 0.269. The Morgan fingerprint density at radius 3 is 2.06 bits per heavy atom. The zero-order valence-corrected chi connectivity index (χ0v) is 18.0. The predicted octanol–water partition coefficient (Wildman–Crippen LogP) is 4.43. The van der Waals surface area contributed by atoms with Crippen molar-refractivity contribution in [2.24, 2.45) is 5.10 Å². The van der Waals surface area contributed by atoms with Crippen LogP contribution in [0.3, 0.4) is 0 Å². The minimum Gasteiger partial charge on any atom is -0.497 e. The molecule has 0 radical (unpaired) electrons. The Morgan fingerprint density at radius 2 is 1.45 bits per heavy atom. The van der Waals surface area contributed by atoms with Crippen molar-refractivity contribution in [3.63, 3.8) is 0 Å². The second kappa shape index (κ2) is 8.44. The molecule has 0 spiro atoms. The van der Waals surface area contributed by atoms with Gasteiger partial charge in [-0.05, 0) is 40.5 Å². The van der Waals surface area contributed by atoms with Gasteiger partial charge in [0.2, 0.25) is 0 Å². The first kappa shape index (κ1) is 19.6. The SMILES string of the molecule is COc1ccc(OC)c(/C=N\N2CCN(C3c4ccccc4-c4ccccc43)CC2)c1. The van der Waals surface area contributed by atoms with Crippen molar-refractivity contribution in [3.8, 4) is 22.6 Å². The second-order valence-electron chi connectivity index (χ2n) is 7.92. The lowest BCUT2D eigenvalue weighted by molar-refractivity contribution is 0.114. The Morgan fingerprint density at radius 1 is 0.806 bits per heavy atom. The van der Waals surface area contributed by atoms with Gasteiger partial charge in [0, 0.05) is 31.7 Å². The first-order valence-corrected chi connectivity index (χ1v) is 10.7. The number of methoxy groups -OCH3 is 2. The average molecular weight is 414 g/mol. The third-order valence-electron chi connectivity index (χ3n) is 6.25. The van der Waals surface area contributed by atoms with Crippen LogP contribution in [0.25, 0.3) is 11.1 Å². The first-order chi connectivity index (χ1) is 15.3. The lowest BCUT2D eigenvalue weighted by Crippen LogP contribution is -2.45. The molecule has 1 fully saturated rings. The summed E-state index contributed by atoms with van der Waals surface area (Å²) in [5.41, 5.74) is 6.49. The second-order valence-corrected chi connectivity index (χ2v) is 7.92. The lowest BCUT2D eigenvalue weighted by atomic mass is 10.0. The number of benzene rings is 3. The molecule has 158 valence electrons. The van der Waals surface area contributed by atoms with Crippen LogP contribution in [-0.4, -0.2) is 56.5 Å². The summed E-state index contributed by atoms with van der Waals surface area (Å²) in [4.78, 5) is 2.59. The van der Waals surface area contributed by atoms with Gasteiger partial charge in [0.05, 0.1) is 26.5 Å². The van der Waals surface area contributed by atoms with Crippen LogP contribution >= 0.6 is 0 Å². The third-order valence-corrected chi connectivity index (χ3v) is 6.25. The molecule has 3 aromatic rings. The number of rotatable bonds is 5. The van der Waals surface area contributed by atoms with Crippen LogP contribution in [0.2, 0.25) is 0 Å². The highest BCUT2D eigenvalue weighted by Crippen LogP contribution is 2.46. The number of hydrogen-bond acceptors (Lipinski definition) is 5. The van der Waals surface area contributed by atoms with Gasteiger partial charge in [-0.15, -0.1) is 0 Å². The van der Waals surface area contributed by atoms with Crippen LogP contribution in [0.15, 0.2) is 71.8 Å². The van der Waals surface area contributed by atoms with E-state index in [0.29, 0.717) is 6.04 Å². The quantitative estimate of drug-likeness (QED) is 0.580. The summed E-state index contributed by atoms with van der Waals surface area (Å²) in [6, 6.07) is 23.7. The van der Waals surface area contributed by atoms with Gasteiger partial charge < -0.3 is 9.47 Å². The number of hydrazone groups is 1. The van der Waals surface area contributed by atoms with E-state index < -0.39 is 0 Å². The molecule has 0 amide bonds. The Bertz CT molecular complexity index is 1060. The molecule has 1 aliphatic heterocycles. The highest BCUT2D eigenvalue weighted by molar-refractivity contribution is 5.84. The number of nitrogens with zero attached hydrogens (tertiary/aromatic N) is 3. The third kappa shape index (κ3) is 3.66. The largest absolute Gasteiger partial charge is 0.497 e. The van der Waals surface area contributed by atoms with Gasteiger partial charge in [-0.25, -0.2) is 0 Å². The summed E-state index contributed by atoms with van der Waals surface area (Å²) >= 11 is 0. The van der Waals surface area contributed by atoms with Crippen molar-refractivity contribution in [2.75, 3.05) is 40.4 Å². The fourth-order valence-corrected chi connectivity index (χ4v) is 4.69. The molecule has 0 atom stereocenters. The molecular weight excluding hydrogens is 386 g/mol. The standard InChI is InChI=1S/C26H27N3O2/c1-30-20-11-12-25(31-2)19(17-20)18-27-29-15-13-28(14-16-29)26-23-9-5-3-7-21(23)22-8-4-6-10-24(22)26/h3-12,17-18,26H,13-16H2,1-2H3/b27-18-. The van der Waals surface area contributed by atoms with E-state index in [9.17, 15) is 0 Å². The average Bonchev–Trinajstić information content (AvgIpc) is 3.17. The maximum Gasteiger partial charge on any atom is 0.127 e. The minimum absolute atomic E-state index is 0.331. The van der Waals surface area contributed by atoms with E-state index >= 15 is 0 Å². The highest BCUT2D eigenvalue weighted by Gasteiger charge is 2.33. The van der Waals surface area contributed by atoms with Crippen molar-refractivity contribution in [3.05, 3.63) is 83.4 Å². The smallest absolute Gasteiger partial charge is 0.127 e. The van der Waals surface area contributed by atoms with Gasteiger partial charge in [0.15, 0.2) is 0 Å². The summed E-state index contributed by atoms with van der Waals surface area (Å²) in [5, 5.41) is 6.87. The first-order valence-electron chi connectivity index (χ1n) is 10.7. The van der Waals surface area contributed by atoms with E-state index in [0.717, 1.165) is 43.2 Å². The maximum atomic E-state index is 5.46. The van der Waals surface area contributed by atoms with Crippen LogP contribution in [0.4, 0.5) is 0 Å². The van der Waals surface area contributed by atoms with Crippen molar-refractivity contribution in [1.29, 1.82) is 0 Å². The normalized spacial score (nSPS) is 16.4. The molecule has 1 heterocycles. The van der Waals surface area contributed by atoms with Crippen LogP contribution in [-0.2, 0) is 0 Å². The van der Waals surface area contributed by atoms with Crippen molar-refractivity contribution >= 4 is 6.21 Å². The van der Waals surface area contributed by atoms with Gasteiger partial charge >= 0.3 is 0 Å². The van der Waals surface area contributed by atoms with E-state index in [1.165, 1.54) is 22.3 Å². The lowest BCUT2D eigenvalue weighted by Gasteiger charge is -2.37. The Hall–Kier alpha value is -3.31. The van der Waals surface area contributed by atoms with Gasteiger partial charge in [0.1, 0.15) is 11.5 Å². The molecule has 3 aromatic carbocycles. The van der Waals surface area contributed by atoms with Gasteiger partial charge in [-0.1, -0.05) is 48.5 Å². The molecule has 0 saturated carbocycles. The van der Waals surface area contributed by atoms with Crippen molar-refractivity contribution in [1.82, 2.24) is 9.91 Å². The van der Waals surface area contributed by atoms with E-state index in [2.05, 4.69) is 58.4 Å². The summed E-state index contributed by atoms with van der Waals surface area (Å²) < 4.78 is 10.8. The van der Waals surface area contributed by atoms with Gasteiger partial charge in [-0.2, -0.15) is 5.10 Å². The Kier molecular flexibility index (Phi) is 5.35. The molecule has 0 unspecified atom stereocenters. The molecule has 31 heavy (non-hydrogen) atoms. The van der Waals surface area contributed by atoms with Crippen LogP contribution in [0.1, 0.15) is 22.7 Å². The van der Waals surface area contributed by atoms with E-state index in [1.807, 2.05) is 24.4 Å². The number of hydrogen-bond donors (Lipinski definition) is 0. The number of piperazine rings is 1. The highest BCUT2D eigenvalue weighted by atomic mass is 16.5. The molecule has 0 aromatic heterocycles. The van der Waals surface area contributed by atoms with Gasteiger partial charge in [0.25, 0.3) is 0 Å². The zero-order chi connectivity index (χ0) is 21.2. The molecule has 0 bridgehead atoms. The molecule has 1 aliphatic carbocycles. The monoisotopic (exact) mass is 413 g/mol. The Balaban J connectivity index is 1.31. The molecule has 5 nitrogen and oxygen atoms in total. The predicted molar refractivity (Wildman–Crippen MR) is 124 cm³/mol. The van der Waals surface area contributed by atoms with Crippen LogP contribution in [0.5, 0.6) is 11.5 Å². The van der Waals surface area contributed by atoms with E-state index in [1.54, 1.807) is 14.2 Å². The summed E-state index contributed by atoms with van der Waals surface area (Å²) in [6.07, 6.45) is 1.87. The van der Waals surface area contributed by atoms with Crippen LogP contribution < -0.4 is 9.47 Å². The summed E-state index contributed by atoms with van der Waals surface area (Å²) in [5.74, 6) is 1.59. The van der Waals surface area contributed by atoms with Crippen molar-refractivity contribution in [2.45, 2.75) is 6.04 Å². The van der Waals surface area contributed by atoms with Crippen LogP contribution in [0, 0.1) is 0 Å². The molecule has 5 rings (SSSR count). The fourth-order valence-electron chi connectivity index (χ4n) is 4.69. The molecule has 0 N–H and O–H groups in total. The van der Waals surface area contributed by atoms with E-state index in [-0.39, 0.29) is 0 Å². The number of ether oxygens (including phenoxy) is 2.